The van der Waals surface area contributed by atoms with Crippen molar-refractivity contribution in [1.29, 1.82) is 0 Å². The van der Waals surface area contributed by atoms with Crippen molar-refractivity contribution in [3.63, 3.8) is 0 Å². The lowest BCUT2D eigenvalue weighted by molar-refractivity contribution is -0.134. The Morgan fingerprint density at radius 3 is 3.00 bits per heavy atom. The van der Waals surface area contributed by atoms with E-state index in [0.717, 1.165) is 17.7 Å². The van der Waals surface area contributed by atoms with E-state index in [2.05, 4.69) is 36.5 Å². The van der Waals surface area contributed by atoms with Gasteiger partial charge in [-0.25, -0.2) is 0 Å². The van der Waals surface area contributed by atoms with Crippen LogP contribution in [0.15, 0.2) is 48.8 Å². The number of amides is 2. The van der Waals surface area contributed by atoms with Crippen molar-refractivity contribution in [2.75, 3.05) is 37.5 Å². The summed E-state index contributed by atoms with van der Waals surface area (Å²) in [5, 5.41) is 7.39. The third-order valence-corrected chi connectivity index (χ3v) is 7.33. The molecule has 1 atom stereocenters. The molecule has 5 rings (SSSR count). The van der Waals surface area contributed by atoms with Crippen LogP contribution >= 0.6 is 27.5 Å². The lowest BCUT2D eigenvalue weighted by Crippen LogP contribution is -2.53. The first-order valence-corrected chi connectivity index (χ1v) is 13.7. The summed E-state index contributed by atoms with van der Waals surface area (Å²) in [6.07, 6.45) is 8.20. The number of ether oxygens (including phenoxy) is 2. The van der Waals surface area contributed by atoms with Gasteiger partial charge in [-0.1, -0.05) is 39.7 Å². The van der Waals surface area contributed by atoms with E-state index < -0.39 is 0 Å². The summed E-state index contributed by atoms with van der Waals surface area (Å²) in [6.45, 7) is 1.58. The quantitative estimate of drug-likeness (QED) is 0.243. The fourth-order valence-electron chi connectivity index (χ4n) is 4.69. The highest BCUT2D eigenvalue weighted by Gasteiger charge is 2.32. The topological polar surface area (TPSA) is 109 Å². The molecule has 198 valence electrons. The van der Waals surface area contributed by atoms with Crippen LogP contribution in [0.3, 0.4) is 0 Å². The number of halogens is 2. The zero-order valence-electron chi connectivity index (χ0n) is 20.7. The Morgan fingerprint density at radius 1 is 1.37 bits per heavy atom. The molecule has 2 aliphatic heterocycles. The number of benzene rings is 1. The molecule has 0 spiro atoms. The number of aromatic amines is 1. The van der Waals surface area contributed by atoms with Crippen LogP contribution in [0.1, 0.15) is 22.5 Å². The molecule has 2 amide bonds. The molecule has 1 aromatic carbocycles. The maximum Gasteiger partial charge on any atom is 0.255 e. The summed E-state index contributed by atoms with van der Waals surface area (Å²) in [5.74, 6) is 0.818. The molecule has 0 bridgehead atoms. The van der Waals surface area contributed by atoms with Gasteiger partial charge in [0.05, 0.1) is 47.0 Å². The van der Waals surface area contributed by atoms with Crippen LogP contribution in [0, 0.1) is 0 Å². The van der Waals surface area contributed by atoms with Gasteiger partial charge >= 0.3 is 0 Å². The van der Waals surface area contributed by atoms with Crippen LogP contribution in [-0.4, -0.2) is 64.9 Å². The number of anilines is 2. The molecular weight excluding hydrogens is 574 g/mol. The first-order chi connectivity index (χ1) is 18.5. The molecule has 11 heteroatoms. The molecule has 2 aromatic heterocycles. The molecule has 3 aromatic rings. The number of allylic oxidation sites excluding steroid dienone is 1. The third kappa shape index (κ3) is 5.10. The number of fused-ring (bicyclic) bond motifs is 1. The Balaban J connectivity index is 1.48. The summed E-state index contributed by atoms with van der Waals surface area (Å²) >= 11 is 9.66. The number of carbonyl (C=O) groups is 2. The number of H-pyrrole nitrogens is 1. The van der Waals surface area contributed by atoms with Crippen LogP contribution in [0.5, 0.6) is 11.5 Å². The standard InChI is InChI=1S/C27H27BrClN5O4/c1-37-26-18(29)4-2-5-20(26)33-25-23-19(8-12-31-27(23)36)32-24(25)17-7-11-30-14-21(17)38-15-16-9-13-34(16)22(35)6-3-10-28/h2-7,11,14,16,32-33H,8-10,12-13,15H2,1H3,(H,31,36)/b6-3+. The molecule has 1 saturated heterocycles. The van der Waals surface area contributed by atoms with Crippen molar-refractivity contribution < 1.29 is 19.1 Å². The number of methoxy groups -OCH3 is 1. The number of nitrogens with one attached hydrogen (secondary N) is 3. The molecule has 9 nitrogen and oxygen atoms in total. The SMILES string of the molecule is COc1c(Cl)cccc1Nc1c(-c2ccncc2OCC2CCN2C(=O)/C=C/CBr)[nH]c2c1C(=O)NCC2. The van der Waals surface area contributed by atoms with Crippen molar-refractivity contribution in [3.05, 3.63) is 65.1 Å². The first kappa shape index (κ1) is 26.1. The second-order valence-electron chi connectivity index (χ2n) is 8.89. The minimum atomic E-state index is -0.172. The molecular formula is C27H27BrClN5O4. The van der Waals surface area contributed by atoms with Gasteiger partial charge in [-0.05, 0) is 30.7 Å². The van der Waals surface area contributed by atoms with Crippen LogP contribution in [-0.2, 0) is 11.2 Å². The number of alkyl halides is 1. The number of carbonyl (C=O) groups excluding carboxylic acids is 2. The second-order valence-corrected chi connectivity index (χ2v) is 9.95. The van der Waals surface area contributed by atoms with Gasteiger partial charge in [-0.3, -0.25) is 14.6 Å². The molecule has 0 radical (unpaired) electrons. The van der Waals surface area contributed by atoms with Crippen molar-refractivity contribution >= 4 is 50.7 Å². The largest absolute Gasteiger partial charge is 0.493 e. The third-order valence-electron chi connectivity index (χ3n) is 6.66. The van der Waals surface area contributed by atoms with Crippen molar-refractivity contribution in [3.8, 4) is 22.8 Å². The summed E-state index contributed by atoms with van der Waals surface area (Å²) in [5.41, 5.74) is 4.00. The molecule has 0 aliphatic carbocycles. The number of para-hydroxylation sites is 1. The Hall–Kier alpha value is -3.50. The number of hydrogen-bond acceptors (Lipinski definition) is 6. The van der Waals surface area contributed by atoms with Gasteiger partial charge in [0.15, 0.2) is 5.75 Å². The molecule has 3 N–H and O–H groups in total. The Bertz CT molecular complexity index is 1390. The average molecular weight is 601 g/mol. The average Bonchev–Trinajstić information content (AvgIpc) is 3.26. The summed E-state index contributed by atoms with van der Waals surface area (Å²) in [6, 6.07) is 7.21. The van der Waals surface area contributed by atoms with Gasteiger partial charge < -0.3 is 30.0 Å². The van der Waals surface area contributed by atoms with E-state index in [0.29, 0.717) is 70.6 Å². The summed E-state index contributed by atoms with van der Waals surface area (Å²) in [7, 11) is 1.55. The van der Waals surface area contributed by atoms with Crippen molar-refractivity contribution in [2.45, 2.75) is 18.9 Å². The normalized spacial score (nSPS) is 16.6. The number of hydrogen-bond donors (Lipinski definition) is 3. The highest BCUT2D eigenvalue weighted by Crippen LogP contribution is 2.43. The van der Waals surface area contributed by atoms with Gasteiger partial charge in [0.2, 0.25) is 5.91 Å². The van der Waals surface area contributed by atoms with Gasteiger partial charge in [0, 0.05) is 42.3 Å². The van der Waals surface area contributed by atoms with Gasteiger partial charge in [-0.2, -0.15) is 0 Å². The number of aromatic nitrogens is 2. The molecule has 4 heterocycles. The van der Waals surface area contributed by atoms with E-state index in [-0.39, 0.29) is 17.9 Å². The number of nitrogens with zero attached hydrogens (tertiary/aromatic N) is 2. The van der Waals surface area contributed by atoms with Crippen LogP contribution in [0.25, 0.3) is 11.3 Å². The maximum absolute atomic E-state index is 13.0. The van der Waals surface area contributed by atoms with E-state index >= 15 is 0 Å². The maximum atomic E-state index is 13.0. The van der Waals surface area contributed by atoms with E-state index in [1.807, 2.05) is 18.2 Å². The molecule has 2 aliphatic rings. The Kier molecular flexibility index (Phi) is 7.90. The highest BCUT2D eigenvalue weighted by molar-refractivity contribution is 9.09. The second kappa shape index (κ2) is 11.5. The minimum Gasteiger partial charge on any atom is -0.493 e. The fourth-order valence-corrected chi connectivity index (χ4v) is 5.13. The van der Waals surface area contributed by atoms with Gasteiger partial charge in [0.1, 0.15) is 12.4 Å². The zero-order chi connectivity index (χ0) is 26.6. The first-order valence-electron chi connectivity index (χ1n) is 12.2. The smallest absolute Gasteiger partial charge is 0.255 e. The van der Waals surface area contributed by atoms with Crippen LogP contribution in [0.4, 0.5) is 11.4 Å². The van der Waals surface area contributed by atoms with E-state index in [1.54, 1.807) is 42.6 Å². The molecule has 38 heavy (non-hydrogen) atoms. The van der Waals surface area contributed by atoms with Gasteiger partial charge in [0.25, 0.3) is 5.91 Å². The zero-order valence-corrected chi connectivity index (χ0v) is 23.1. The van der Waals surface area contributed by atoms with E-state index in [4.69, 9.17) is 21.1 Å². The Labute approximate surface area is 233 Å². The highest BCUT2D eigenvalue weighted by atomic mass is 79.9. The van der Waals surface area contributed by atoms with E-state index in [1.165, 1.54) is 0 Å². The molecule has 0 saturated carbocycles. The molecule has 1 fully saturated rings. The minimum absolute atomic E-state index is 0.0218. The lowest BCUT2D eigenvalue weighted by atomic mass is 10.0. The van der Waals surface area contributed by atoms with Crippen molar-refractivity contribution in [2.24, 2.45) is 0 Å². The van der Waals surface area contributed by atoms with E-state index in [9.17, 15) is 9.59 Å². The van der Waals surface area contributed by atoms with Crippen LogP contribution in [0.2, 0.25) is 5.02 Å². The van der Waals surface area contributed by atoms with Crippen molar-refractivity contribution in [1.82, 2.24) is 20.2 Å². The Morgan fingerprint density at radius 2 is 2.24 bits per heavy atom. The predicted molar refractivity (Wildman–Crippen MR) is 150 cm³/mol. The van der Waals surface area contributed by atoms with Gasteiger partial charge in [-0.15, -0.1) is 0 Å². The van der Waals surface area contributed by atoms with Crippen LogP contribution < -0.4 is 20.1 Å². The monoisotopic (exact) mass is 599 g/mol. The predicted octanol–water partition coefficient (Wildman–Crippen LogP) is 4.70. The summed E-state index contributed by atoms with van der Waals surface area (Å²) < 4.78 is 11.7. The number of rotatable bonds is 9. The molecule has 1 unspecified atom stereocenters. The summed E-state index contributed by atoms with van der Waals surface area (Å²) in [4.78, 5) is 34.9. The number of pyridine rings is 1. The number of likely N-dealkylation sites (tertiary alicyclic amines) is 1. The lowest BCUT2D eigenvalue weighted by Gasteiger charge is -2.40. The fraction of sp³-hybridized carbons (Fsp3) is 0.296.